The van der Waals surface area contributed by atoms with Gasteiger partial charge in [-0.1, -0.05) is 24.3 Å². The first-order valence-electron chi connectivity index (χ1n) is 19.1. The van der Waals surface area contributed by atoms with Gasteiger partial charge in [0.05, 0.1) is 48.8 Å². The SMILES string of the molecule is COS(=O)(=O)c1cc2cc(OS(C)(=O)=O)cc(S(=O)(=O)OC)c2c(O)c1N=Nc1ccc(-c2ccc(N=Nc3c(OS(C)(=O)=O)cc4c(ccc5nc6ccccc6nc54)c3O)c(O)c2)cc1O.[Cu].[Cu]. The second-order valence-electron chi connectivity index (χ2n) is 14.5. The fourth-order valence-electron chi connectivity index (χ4n) is 6.92. The van der Waals surface area contributed by atoms with Gasteiger partial charge in [0, 0.05) is 56.4 Å². The van der Waals surface area contributed by atoms with Crippen molar-refractivity contribution in [2.24, 2.45) is 20.5 Å². The number of benzene rings is 7. The second kappa shape index (κ2) is 19.7. The number of rotatable bonds is 13. The second-order valence-corrected chi connectivity index (χ2v) is 21.0. The number of azo groups is 2. The van der Waals surface area contributed by atoms with Crippen LogP contribution >= 0.6 is 0 Å². The molecule has 0 unspecified atom stereocenters. The largest absolute Gasteiger partial charge is 0.506 e. The van der Waals surface area contributed by atoms with Crippen LogP contribution in [0.5, 0.6) is 34.5 Å². The molecule has 0 fully saturated rings. The van der Waals surface area contributed by atoms with Crippen LogP contribution in [0.2, 0.25) is 0 Å². The van der Waals surface area contributed by atoms with E-state index >= 15 is 0 Å². The molecular formula is C42H32Cu2N6O16S4. The van der Waals surface area contributed by atoms with Crippen LogP contribution in [-0.4, -0.2) is 90.8 Å². The Labute approximate surface area is 418 Å². The molecule has 2 radical (unpaired) electrons. The summed E-state index contributed by atoms with van der Waals surface area (Å²) >= 11 is 0. The average molecular weight is 1130 g/mol. The van der Waals surface area contributed by atoms with Gasteiger partial charge >= 0.3 is 20.2 Å². The Morgan fingerprint density at radius 2 is 1.06 bits per heavy atom. The number of para-hydroxylation sites is 2. The van der Waals surface area contributed by atoms with Gasteiger partial charge < -0.3 is 28.8 Å². The van der Waals surface area contributed by atoms with Crippen LogP contribution in [0.3, 0.4) is 0 Å². The molecular weight excluding hydrogens is 1100 g/mol. The molecule has 0 bridgehead atoms. The molecule has 4 N–H and O–H groups in total. The first-order chi connectivity index (χ1) is 32.0. The van der Waals surface area contributed by atoms with Crippen LogP contribution in [0.1, 0.15) is 0 Å². The molecule has 372 valence electrons. The molecule has 28 heteroatoms. The molecule has 1 heterocycles. The van der Waals surface area contributed by atoms with Crippen molar-refractivity contribution in [3.63, 3.8) is 0 Å². The summed E-state index contributed by atoms with van der Waals surface area (Å²) in [4.78, 5) is 7.61. The normalized spacial score (nSPS) is 12.5. The zero-order chi connectivity index (χ0) is 49.1. The van der Waals surface area contributed by atoms with Gasteiger partial charge in [-0.15, -0.1) is 20.5 Å². The maximum absolute atomic E-state index is 13.1. The summed E-state index contributed by atoms with van der Waals surface area (Å²) in [5.41, 5.74) is 0.923. The fraction of sp³-hybridized carbons (Fsp3) is 0.0952. The van der Waals surface area contributed by atoms with E-state index in [1.165, 1.54) is 42.5 Å². The van der Waals surface area contributed by atoms with Crippen molar-refractivity contribution in [2.45, 2.75) is 9.79 Å². The van der Waals surface area contributed by atoms with Crippen molar-refractivity contribution in [1.82, 2.24) is 9.97 Å². The predicted octanol–water partition coefficient (Wildman–Crippen LogP) is 7.75. The number of hydrogen-bond donors (Lipinski definition) is 4. The molecule has 0 aliphatic heterocycles. The topological polar surface area (TPSA) is 330 Å². The number of aromatic hydroxyl groups is 4. The van der Waals surface area contributed by atoms with Crippen LogP contribution in [0.4, 0.5) is 22.7 Å². The van der Waals surface area contributed by atoms with Crippen LogP contribution in [0.15, 0.2) is 127 Å². The Bertz CT molecular complexity index is 4000. The molecule has 8 rings (SSSR count). The maximum Gasteiger partial charge on any atom is 0.306 e. The van der Waals surface area contributed by atoms with Gasteiger partial charge in [-0.3, -0.25) is 8.37 Å². The van der Waals surface area contributed by atoms with E-state index < -0.39 is 90.1 Å². The minimum Gasteiger partial charge on any atom is -0.506 e. The minimum atomic E-state index is -4.77. The van der Waals surface area contributed by atoms with Crippen LogP contribution in [-0.2, 0) is 83.0 Å². The van der Waals surface area contributed by atoms with E-state index in [2.05, 4.69) is 38.8 Å². The summed E-state index contributed by atoms with van der Waals surface area (Å²) in [7, 11) is -16.3. The molecule has 0 atom stereocenters. The Morgan fingerprint density at radius 3 is 1.60 bits per heavy atom. The third-order valence-corrected chi connectivity index (χ3v) is 13.5. The van der Waals surface area contributed by atoms with Gasteiger partial charge in [-0.25, -0.2) is 9.97 Å². The number of phenolic OH excluding ortho intramolecular Hbond substituents is 4. The molecule has 8 aromatic rings. The number of phenols is 4. The zero-order valence-electron chi connectivity index (χ0n) is 35.8. The smallest absolute Gasteiger partial charge is 0.306 e. The van der Waals surface area contributed by atoms with Crippen LogP contribution in [0.25, 0.3) is 54.7 Å². The molecule has 70 heavy (non-hydrogen) atoms. The summed E-state index contributed by atoms with van der Waals surface area (Å²) in [5.74, 6) is -3.53. The minimum absolute atomic E-state index is 0. The van der Waals surface area contributed by atoms with Crippen molar-refractivity contribution in [3.8, 4) is 45.6 Å². The number of fused-ring (bicyclic) bond motifs is 5. The van der Waals surface area contributed by atoms with E-state index in [1.54, 1.807) is 36.4 Å². The van der Waals surface area contributed by atoms with Gasteiger partial charge in [0.25, 0.3) is 20.2 Å². The van der Waals surface area contributed by atoms with E-state index in [9.17, 15) is 54.1 Å². The van der Waals surface area contributed by atoms with Crippen molar-refractivity contribution < 1.29 is 105 Å². The quantitative estimate of drug-likeness (QED) is 0.0282. The monoisotopic (exact) mass is 1130 g/mol. The van der Waals surface area contributed by atoms with E-state index in [-0.39, 0.29) is 73.3 Å². The zero-order valence-corrected chi connectivity index (χ0v) is 41.0. The summed E-state index contributed by atoms with van der Waals surface area (Å²) in [5, 5.41) is 60.3. The van der Waals surface area contributed by atoms with Crippen molar-refractivity contribution >= 4 is 107 Å². The number of aromatic nitrogens is 2. The van der Waals surface area contributed by atoms with Crippen LogP contribution < -0.4 is 8.37 Å². The summed E-state index contributed by atoms with van der Waals surface area (Å²) < 4.78 is 120. The average Bonchev–Trinajstić information content (AvgIpc) is 3.27. The number of nitrogens with zero attached hydrogens (tertiary/aromatic N) is 6. The molecule has 22 nitrogen and oxygen atoms in total. The molecule has 0 saturated heterocycles. The van der Waals surface area contributed by atoms with Gasteiger partial charge in [0.2, 0.25) is 0 Å². The maximum atomic E-state index is 13.1. The van der Waals surface area contributed by atoms with Gasteiger partial charge in [-0.2, -0.15) is 33.7 Å². The van der Waals surface area contributed by atoms with E-state index in [0.717, 1.165) is 38.7 Å². The molecule has 0 aliphatic rings. The van der Waals surface area contributed by atoms with Crippen molar-refractivity contribution in [3.05, 3.63) is 97.1 Å². The molecule has 0 amide bonds. The van der Waals surface area contributed by atoms with E-state index in [0.29, 0.717) is 39.3 Å². The summed E-state index contributed by atoms with van der Waals surface area (Å²) in [6.07, 6.45) is 1.48. The van der Waals surface area contributed by atoms with Gasteiger partial charge in [-0.05, 0) is 83.2 Å². The first-order valence-corrected chi connectivity index (χ1v) is 25.5. The van der Waals surface area contributed by atoms with Crippen LogP contribution in [0, 0.1) is 0 Å². The summed E-state index contributed by atoms with van der Waals surface area (Å²) in [6.45, 7) is 0. The van der Waals surface area contributed by atoms with Crippen molar-refractivity contribution in [1.29, 1.82) is 0 Å². The predicted molar refractivity (Wildman–Crippen MR) is 245 cm³/mol. The first kappa shape index (κ1) is 52.8. The molecule has 0 saturated carbocycles. The van der Waals surface area contributed by atoms with E-state index in [4.69, 9.17) is 8.37 Å². The summed E-state index contributed by atoms with van der Waals surface area (Å²) in [6, 6.07) is 22.0. The third kappa shape index (κ3) is 10.6. The molecule has 7 aromatic carbocycles. The van der Waals surface area contributed by atoms with E-state index in [1.807, 2.05) is 0 Å². The third-order valence-electron chi connectivity index (χ3n) is 9.89. The Balaban J connectivity index is 0.00000402. The standard InChI is InChI=1S/C42H32N6O16S4.2Cu/c1-61-67(57,58)35-19-24(63-65(3,53)54)15-23-18-36(68(59,60)62-2)40(42(52)37(23)35)48-46-30-13-10-22(17-33(30)50)21-9-12-29(32(49)16-21)45-47-39-34(64-66(4,55)56)20-26-25(41(39)51)11-14-31-38(26)44-28-8-6-5-7-27(28)43-31;;/h5-20,49-52H,1-4H3;;. The molecule has 1 aromatic heterocycles. The Morgan fingerprint density at radius 1 is 0.514 bits per heavy atom. The molecule has 0 aliphatic carbocycles. The fourth-order valence-corrected chi connectivity index (χ4v) is 9.55. The van der Waals surface area contributed by atoms with Gasteiger partial charge in [0.15, 0.2) is 22.9 Å². The van der Waals surface area contributed by atoms with Gasteiger partial charge in [0.1, 0.15) is 44.1 Å². The molecule has 0 spiro atoms. The van der Waals surface area contributed by atoms with Crippen molar-refractivity contribution in [2.75, 3.05) is 26.7 Å². The Hall–Kier alpha value is -6.58. The number of hydrogen-bond acceptors (Lipinski definition) is 22. The Kier molecular flexibility index (Phi) is 14.8.